The fourth-order valence-corrected chi connectivity index (χ4v) is 3.00. The van der Waals surface area contributed by atoms with Crippen molar-refractivity contribution in [3.05, 3.63) is 72.5 Å². The lowest BCUT2D eigenvalue weighted by Gasteiger charge is -2.22. The molecule has 0 atom stereocenters. The van der Waals surface area contributed by atoms with Crippen LogP contribution in [-0.4, -0.2) is 50.5 Å². The first-order valence-electron chi connectivity index (χ1n) is 10.4. The molecule has 1 N–H and O–H groups in total. The average molecular weight is 422 g/mol. The number of allylic oxidation sites excluding steroid dienone is 5. The van der Waals surface area contributed by atoms with Crippen molar-refractivity contribution in [2.75, 3.05) is 32.7 Å². The van der Waals surface area contributed by atoms with Crippen molar-refractivity contribution >= 4 is 6.72 Å². The van der Waals surface area contributed by atoms with E-state index < -0.39 is 12.6 Å². The summed E-state index contributed by atoms with van der Waals surface area (Å²) in [7, 11) is 0. The number of unbranched alkanes of at least 4 members (excludes halogenated alkanes) is 1. The topological polar surface area (TPSA) is 27.6 Å². The van der Waals surface area contributed by atoms with Gasteiger partial charge in [-0.2, -0.15) is 13.2 Å². The summed E-state index contributed by atoms with van der Waals surface area (Å²) in [5.41, 5.74) is 2.82. The first-order valence-corrected chi connectivity index (χ1v) is 10.4. The first-order chi connectivity index (χ1) is 14.4. The molecule has 0 aromatic rings. The summed E-state index contributed by atoms with van der Waals surface area (Å²) in [4.78, 5) is 6.28. The summed E-state index contributed by atoms with van der Waals surface area (Å²) in [5.74, 6) is 0. The quantitative estimate of drug-likeness (QED) is 0.206. The predicted octanol–water partition coefficient (Wildman–Crippen LogP) is 5.77. The summed E-state index contributed by atoms with van der Waals surface area (Å²) < 4.78 is 37.2. The molecule has 0 aromatic carbocycles. The molecule has 0 unspecified atom stereocenters. The second-order valence-electron chi connectivity index (χ2n) is 7.19. The maximum atomic E-state index is 12.4. The van der Waals surface area contributed by atoms with Gasteiger partial charge in [-0.3, -0.25) is 9.89 Å². The van der Waals surface area contributed by atoms with Crippen LogP contribution in [0.15, 0.2) is 77.5 Å². The molecular weight excluding hydrogens is 387 g/mol. The number of nitrogens with zero attached hydrogens (tertiary/aromatic N) is 2. The van der Waals surface area contributed by atoms with Crippen LogP contribution in [0.2, 0.25) is 0 Å². The van der Waals surface area contributed by atoms with E-state index in [1.54, 1.807) is 6.08 Å². The first kappa shape index (κ1) is 25.9. The van der Waals surface area contributed by atoms with Crippen LogP contribution < -0.4 is 5.32 Å². The van der Waals surface area contributed by atoms with Crippen molar-refractivity contribution in [2.45, 2.75) is 38.3 Å². The highest BCUT2D eigenvalue weighted by Crippen LogP contribution is 2.22. The predicted molar refractivity (Wildman–Crippen MR) is 122 cm³/mol. The molecule has 1 aliphatic rings. The SMILES string of the molecule is C=C/C=C/C(=C)CNCCN(C/C=C(\N=C)C1=CCCC=C1)CCCCC(F)(F)F. The van der Waals surface area contributed by atoms with E-state index >= 15 is 0 Å². The van der Waals surface area contributed by atoms with Crippen LogP contribution in [0.1, 0.15) is 32.1 Å². The summed E-state index contributed by atoms with van der Waals surface area (Å²) in [5, 5.41) is 3.32. The normalized spacial score (nSPS) is 14.9. The summed E-state index contributed by atoms with van der Waals surface area (Å²) >= 11 is 0. The Morgan fingerprint density at radius 2 is 2.03 bits per heavy atom. The molecule has 166 valence electrons. The van der Waals surface area contributed by atoms with Crippen LogP contribution in [0.25, 0.3) is 0 Å². The van der Waals surface area contributed by atoms with E-state index in [1.165, 1.54) is 0 Å². The Hall–Kier alpha value is -2.18. The molecule has 0 heterocycles. The van der Waals surface area contributed by atoms with Gasteiger partial charge in [-0.05, 0) is 56.2 Å². The van der Waals surface area contributed by atoms with Gasteiger partial charge < -0.3 is 5.32 Å². The van der Waals surface area contributed by atoms with E-state index in [0.29, 0.717) is 32.6 Å². The minimum Gasteiger partial charge on any atom is -0.311 e. The van der Waals surface area contributed by atoms with Crippen molar-refractivity contribution in [1.29, 1.82) is 0 Å². The standard InChI is InChI=1S/C24H34F3N3/c1-4-5-11-21(2)20-29-16-19-30(17-10-9-15-24(25,26)27)18-14-23(28-3)22-12-7-6-8-13-22/h4-5,7,11-14,29H,1-3,6,8-10,15-20H2/b11-5+,23-14-. The molecule has 0 aromatic heterocycles. The monoisotopic (exact) mass is 421 g/mol. The third kappa shape index (κ3) is 12.4. The third-order valence-corrected chi connectivity index (χ3v) is 4.61. The maximum Gasteiger partial charge on any atom is 0.389 e. The van der Waals surface area contributed by atoms with Crippen LogP contribution in [0.3, 0.4) is 0 Å². The van der Waals surface area contributed by atoms with Crippen molar-refractivity contribution in [3.63, 3.8) is 0 Å². The fraction of sp³-hybridized carbons (Fsp3) is 0.458. The molecule has 0 fully saturated rings. The van der Waals surface area contributed by atoms with Gasteiger partial charge in [-0.15, -0.1) is 0 Å². The number of hydrogen-bond acceptors (Lipinski definition) is 3. The Morgan fingerprint density at radius 1 is 1.23 bits per heavy atom. The molecule has 0 spiro atoms. The van der Waals surface area contributed by atoms with E-state index in [9.17, 15) is 13.2 Å². The Kier molecular flexibility index (Phi) is 12.7. The Bertz CT molecular complexity index is 670. The fourth-order valence-electron chi connectivity index (χ4n) is 3.00. The number of alkyl halides is 3. The van der Waals surface area contributed by atoms with Crippen LogP contribution in [-0.2, 0) is 0 Å². The van der Waals surface area contributed by atoms with Gasteiger partial charge >= 0.3 is 6.18 Å². The number of hydrogen-bond donors (Lipinski definition) is 1. The van der Waals surface area contributed by atoms with E-state index in [-0.39, 0.29) is 6.42 Å². The summed E-state index contributed by atoms with van der Waals surface area (Å²) in [6, 6.07) is 0. The lowest BCUT2D eigenvalue weighted by Crippen LogP contribution is -2.34. The Balaban J connectivity index is 2.58. The highest BCUT2D eigenvalue weighted by atomic mass is 19.4. The third-order valence-electron chi connectivity index (χ3n) is 4.61. The molecule has 0 saturated carbocycles. The van der Waals surface area contributed by atoms with Crippen molar-refractivity contribution in [3.8, 4) is 0 Å². The molecule has 6 heteroatoms. The molecule has 0 aliphatic heterocycles. The minimum atomic E-state index is -4.09. The maximum absolute atomic E-state index is 12.4. The largest absolute Gasteiger partial charge is 0.389 e. The molecule has 0 bridgehead atoms. The molecule has 3 nitrogen and oxygen atoms in total. The van der Waals surface area contributed by atoms with Crippen LogP contribution in [0.5, 0.6) is 0 Å². The minimum absolute atomic E-state index is 0.140. The Morgan fingerprint density at radius 3 is 2.67 bits per heavy atom. The number of nitrogens with one attached hydrogen (secondary N) is 1. The molecular formula is C24H34F3N3. The van der Waals surface area contributed by atoms with Gasteiger partial charge in [0.25, 0.3) is 0 Å². The average Bonchev–Trinajstić information content (AvgIpc) is 2.72. The number of halogens is 3. The number of aliphatic imine (C=N–C) groups is 1. The van der Waals surface area contributed by atoms with E-state index in [0.717, 1.165) is 36.2 Å². The van der Waals surface area contributed by atoms with Crippen molar-refractivity contribution in [2.24, 2.45) is 4.99 Å². The van der Waals surface area contributed by atoms with Gasteiger partial charge in [-0.1, -0.05) is 49.6 Å². The van der Waals surface area contributed by atoms with E-state index in [1.807, 2.05) is 24.3 Å². The van der Waals surface area contributed by atoms with Gasteiger partial charge in [0.1, 0.15) is 0 Å². The zero-order valence-electron chi connectivity index (χ0n) is 17.8. The molecule has 1 rings (SSSR count). The van der Waals surface area contributed by atoms with Gasteiger partial charge in [0.2, 0.25) is 0 Å². The van der Waals surface area contributed by atoms with Gasteiger partial charge in [0.15, 0.2) is 0 Å². The lowest BCUT2D eigenvalue weighted by molar-refractivity contribution is -0.135. The second kappa shape index (κ2) is 14.7. The lowest BCUT2D eigenvalue weighted by atomic mass is 10.0. The summed E-state index contributed by atoms with van der Waals surface area (Å²) in [6.45, 7) is 14.6. The highest BCUT2D eigenvalue weighted by molar-refractivity contribution is 5.45. The van der Waals surface area contributed by atoms with Crippen LogP contribution in [0.4, 0.5) is 13.2 Å². The molecule has 30 heavy (non-hydrogen) atoms. The van der Waals surface area contributed by atoms with Crippen LogP contribution in [0, 0.1) is 0 Å². The summed E-state index contributed by atoms with van der Waals surface area (Å²) in [6.07, 6.45) is 11.5. The molecule has 0 radical (unpaired) electrons. The van der Waals surface area contributed by atoms with E-state index in [2.05, 4.69) is 47.2 Å². The van der Waals surface area contributed by atoms with Gasteiger partial charge in [0.05, 0.1) is 5.70 Å². The smallest absolute Gasteiger partial charge is 0.311 e. The second-order valence-corrected chi connectivity index (χ2v) is 7.19. The highest BCUT2D eigenvalue weighted by Gasteiger charge is 2.25. The number of rotatable bonds is 15. The zero-order chi connectivity index (χ0) is 22.2. The van der Waals surface area contributed by atoms with Crippen molar-refractivity contribution < 1.29 is 13.2 Å². The zero-order valence-corrected chi connectivity index (χ0v) is 17.8. The van der Waals surface area contributed by atoms with Gasteiger partial charge in [-0.25, -0.2) is 0 Å². The molecule has 1 aliphatic carbocycles. The Labute approximate surface area is 179 Å². The van der Waals surface area contributed by atoms with E-state index in [4.69, 9.17) is 0 Å². The molecule has 0 saturated heterocycles. The molecule has 0 amide bonds. The van der Waals surface area contributed by atoms with Crippen LogP contribution >= 0.6 is 0 Å². The van der Waals surface area contributed by atoms with Crippen molar-refractivity contribution in [1.82, 2.24) is 10.2 Å². The van der Waals surface area contributed by atoms with Gasteiger partial charge in [0, 0.05) is 32.6 Å².